The van der Waals surface area contributed by atoms with Crippen LogP contribution < -0.4 is 5.32 Å². The van der Waals surface area contributed by atoms with Gasteiger partial charge in [0.05, 0.1) is 23.1 Å². The number of thiazole rings is 1. The van der Waals surface area contributed by atoms with Gasteiger partial charge in [0.25, 0.3) is 5.91 Å². The lowest BCUT2D eigenvalue weighted by Crippen LogP contribution is -2.14. The molecule has 0 aliphatic carbocycles. The van der Waals surface area contributed by atoms with Crippen LogP contribution in [0.25, 0.3) is 33.4 Å². The number of rotatable bonds is 5. The summed E-state index contributed by atoms with van der Waals surface area (Å²) < 4.78 is 16.2. The summed E-state index contributed by atoms with van der Waals surface area (Å²) >= 11 is 1.31. The van der Waals surface area contributed by atoms with E-state index in [9.17, 15) is 9.18 Å². The standard InChI is InChI=1S/C25H20FN5OS/c1-15(2)31-23(18-9-5-6-10-20(18)26)19(13-28-31)24(32)30-25-29-22(14-33-25)21-11-16-7-3-4-8-17(16)12-27-21/h3-15H,1-2H3,(H,29,30,32). The van der Waals surface area contributed by atoms with Crippen LogP contribution in [-0.4, -0.2) is 25.7 Å². The molecule has 5 rings (SSSR count). The maximum atomic E-state index is 14.6. The Morgan fingerprint density at radius 1 is 1.03 bits per heavy atom. The predicted molar refractivity (Wildman–Crippen MR) is 129 cm³/mol. The molecule has 0 radical (unpaired) electrons. The Morgan fingerprint density at radius 3 is 2.58 bits per heavy atom. The van der Waals surface area contributed by atoms with E-state index in [4.69, 9.17) is 0 Å². The largest absolute Gasteiger partial charge is 0.298 e. The molecule has 6 nitrogen and oxygen atoms in total. The molecule has 5 aromatic rings. The van der Waals surface area contributed by atoms with Crippen molar-refractivity contribution in [1.29, 1.82) is 0 Å². The van der Waals surface area contributed by atoms with E-state index < -0.39 is 11.7 Å². The molecule has 1 amide bonds. The number of hydrogen-bond donors (Lipinski definition) is 1. The minimum atomic E-state index is -0.409. The number of benzene rings is 2. The maximum Gasteiger partial charge on any atom is 0.261 e. The molecule has 33 heavy (non-hydrogen) atoms. The third-order valence-electron chi connectivity index (χ3n) is 5.28. The van der Waals surface area contributed by atoms with Gasteiger partial charge in [-0.15, -0.1) is 11.3 Å². The zero-order valence-electron chi connectivity index (χ0n) is 18.0. The Bertz CT molecular complexity index is 1470. The van der Waals surface area contributed by atoms with Gasteiger partial charge in [0.15, 0.2) is 5.13 Å². The van der Waals surface area contributed by atoms with Crippen molar-refractivity contribution in [2.45, 2.75) is 19.9 Å². The quantitative estimate of drug-likeness (QED) is 0.341. The molecule has 0 bridgehead atoms. The number of halogens is 1. The van der Waals surface area contributed by atoms with Crippen LogP contribution in [0.4, 0.5) is 9.52 Å². The Balaban J connectivity index is 1.45. The van der Waals surface area contributed by atoms with Crippen molar-refractivity contribution in [2.24, 2.45) is 0 Å². The second kappa shape index (κ2) is 8.55. The van der Waals surface area contributed by atoms with Crippen LogP contribution in [-0.2, 0) is 0 Å². The Labute approximate surface area is 193 Å². The topological polar surface area (TPSA) is 72.7 Å². The number of carbonyl (C=O) groups is 1. The first kappa shape index (κ1) is 21.0. The van der Waals surface area contributed by atoms with E-state index in [1.165, 1.54) is 23.6 Å². The average Bonchev–Trinajstić information content (AvgIpc) is 3.46. The summed E-state index contributed by atoms with van der Waals surface area (Å²) in [5.74, 6) is -0.805. The Kier molecular flexibility index (Phi) is 5.43. The molecule has 3 aromatic heterocycles. The summed E-state index contributed by atoms with van der Waals surface area (Å²) in [7, 11) is 0. The number of carbonyl (C=O) groups excluding carboxylic acids is 1. The highest BCUT2D eigenvalue weighted by Gasteiger charge is 2.23. The van der Waals surface area contributed by atoms with Crippen molar-refractivity contribution < 1.29 is 9.18 Å². The lowest BCUT2D eigenvalue weighted by atomic mass is 10.1. The summed E-state index contributed by atoms with van der Waals surface area (Å²) in [5, 5.41) is 11.6. The van der Waals surface area contributed by atoms with Gasteiger partial charge >= 0.3 is 0 Å². The number of amides is 1. The van der Waals surface area contributed by atoms with E-state index >= 15 is 0 Å². The molecule has 2 aromatic carbocycles. The monoisotopic (exact) mass is 457 g/mol. The number of anilines is 1. The maximum absolute atomic E-state index is 14.6. The van der Waals surface area contributed by atoms with Crippen LogP contribution in [0, 0.1) is 5.82 Å². The fourth-order valence-corrected chi connectivity index (χ4v) is 4.38. The van der Waals surface area contributed by atoms with Gasteiger partial charge in [-0.1, -0.05) is 36.4 Å². The molecule has 3 heterocycles. The molecular formula is C25H20FN5OS. The predicted octanol–water partition coefficient (Wildman–Crippen LogP) is 6.19. The van der Waals surface area contributed by atoms with Crippen LogP contribution in [0.1, 0.15) is 30.2 Å². The van der Waals surface area contributed by atoms with Gasteiger partial charge in [-0.2, -0.15) is 5.10 Å². The summed E-state index contributed by atoms with van der Waals surface area (Å²) in [5.41, 5.74) is 2.45. The highest BCUT2D eigenvalue weighted by atomic mass is 32.1. The van der Waals surface area contributed by atoms with Gasteiger partial charge < -0.3 is 0 Å². The molecule has 0 atom stereocenters. The first-order valence-corrected chi connectivity index (χ1v) is 11.3. The zero-order valence-corrected chi connectivity index (χ0v) is 18.8. The van der Waals surface area contributed by atoms with E-state index in [0.29, 0.717) is 22.1 Å². The molecule has 0 unspecified atom stereocenters. The molecule has 0 aliphatic rings. The molecule has 0 saturated heterocycles. The lowest BCUT2D eigenvalue weighted by molar-refractivity contribution is 0.102. The first-order valence-electron chi connectivity index (χ1n) is 10.5. The first-order chi connectivity index (χ1) is 16.0. The van der Waals surface area contributed by atoms with E-state index in [2.05, 4.69) is 20.4 Å². The molecule has 1 N–H and O–H groups in total. The number of pyridine rings is 1. The number of hydrogen-bond acceptors (Lipinski definition) is 5. The van der Waals surface area contributed by atoms with Crippen molar-refractivity contribution in [2.75, 3.05) is 5.32 Å². The van der Waals surface area contributed by atoms with Gasteiger partial charge in [-0.25, -0.2) is 9.37 Å². The minimum absolute atomic E-state index is 0.0494. The van der Waals surface area contributed by atoms with Crippen LogP contribution >= 0.6 is 11.3 Å². The highest BCUT2D eigenvalue weighted by Crippen LogP contribution is 2.30. The second-order valence-electron chi connectivity index (χ2n) is 7.83. The van der Waals surface area contributed by atoms with Crippen molar-refractivity contribution in [3.8, 4) is 22.6 Å². The normalized spacial score (nSPS) is 11.3. The SMILES string of the molecule is CC(C)n1ncc(C(=O)Nc2nc(-c3cc4ccccc4cn3)cs2)c1-c1ccccc1F. The number of nitrogens with one attached hydrogen (secondary N) is 1. The van der Waals surface area contributed by atoms with Crippen LogP contribution in [0.5, 0.6) is 0 Å². The molecule has 0 aliphatic heterocycles. The fourth-order valence-electron chi connectivity index (χ4n) is 3.68. The third kappa shape index (κ3) is 4.01. The van der Waals surface area contributed by atoms with Crippen molar-refractivity contribution >= 4 is 33.1 Å². The van der Waals surface area contributed by atoms with Gasteiger partial charge in [-0.3, -0.25) is 19.8 Å². The second-order valence-corrected chi connectivity index (χ2v) is 8.69. The number of nitrogens with zero attached hydrogens (tertiary/aromatic N) is 4. The summed E-state index contributed by atoms with van der Waals surface area (Å²) in [6, 6.07) is 16.3. The Hall–Kier alpha value is -3.91. The lowest BCUT2D eigenvalue weighted by Gasteiger charge is -2.13. The van der Waals surface area contributed by atoms with E-state index in [1.54, 1.807) is 22.9 Å². The molecule has 164 valence electrons. The smallest absolute Gasteiger partial charge is 0.261 e. The molecule has 0 saturated carbocycles. The fraction of sp³-hybridized carbons (Fsp3) is 0.120. The average molecular weight is 458 g/mol. The summed E-state index contributed by atoms with van der Waals surface area (Å²) in [6.07, 6.45) is 3.28. The number of fused-ring (bicyclic) bond motifs is 1. The molecule has 8 heteroatoms. The Morgan fingerprint density at radius 2 is 1.79 bits per heavy atom. The molecule has 0 spiro atoms. The van der Waals surface area contributed by atoms with Crippen molar-refractivity contribution in [1.82, 2.24) is 19.7 Å². The molecule has 0 fully saturated rings. The van der Waals surface area contributed by atoms with E-state index in [0.717, 1.165) is 16.5 Å². The van der Waals surface area contributed by atoms with Crippen LogP contribution in [0.15, 0.2) is 72.4 Å². The highest BCUT2D eigenvalue weighted by molar-refractivity contribution is 7.14. The van der Waals surface area contributed by atoms with E-state index in [-0.39, 0.29) is 11.6 Å². The van der Waals surface area contributed by atoms with E-state index in [1.807, 2.05) is 55.8 Å². The molecular weight excluding hydrogens is 437 g/mol. The zero-order chi connectivity index (χ0) is 22.9. The van der Waals surface area contributed by atoms with Crippen LogP contribution in [0.2, 0.25) is 0 Å². The van der Waals surface area contributed by atoms with Crippen molar-refractivity contribution in [3.63, 3.8) is 0 Å². The van der Waals surface area contributed by atoms with Crippen LogP contribution in [0.3, 0.4) is 0 Å². The van der Waals surface area contributed by atoms with Gasteiger partial charge in [0.2, 0.25) is 0 Å². The minimum Gasteiger partial charge on any atom is -0.298 e. The van der Waals surface area contributed by atoms with Gasteiger partial charge in [-0.05, 0) is 37.4 Å². The third-order valence-corrected chi connectivity index (χ3v) is 6.03. The summed E-state index contributed by atoms with van der Waals surface area (Å²) in [6.45, 7) is 3.87. The van der Waals surface area contributed by atoms with Gasteiger partial charge in [0.1, 0.15) is 11.5 Å². The number of aromatic nitrogens is 4. The van der Waals surface area contributed by atoms with Gasteiger partial charge in [0, 0.05) is 28.6 Å². The van der Waals surface area contributed by atoms with Crippen molar-refractivity contribution in [3.05, 3.63) is 83.8 Å². The summed E-state index contributed by atoms with van der Waals surface area (Å²) in [4.78, 5) is 22.2.